The summed E-state index contributed by atoms with van der Waals surface area (Å²) in [7, 11) is 0. The molecule has 2 aromatic rings. The number of halogens is 2. The predicted octanol–water partition coefficient (Wildman–Crippen LogP) is 3.50. The Morgan fingerprint density at radius 1 is 1.30 bits per heavy atom. The average molecular weight is 298 g/mol. The minimum atomic E-state index is -0.694. The van der Waals surface area contributed by atoms with Crippen LogP contribution in [0.2, 0.25) is 0 Å². The molecule has 0 aliphatic carbocycles. The standard InChI is InChI=1S/C14H16F2N2OS/c1-9(2)17-5-10-3-12(15)14(13(16)4-10)19-6-11-7-20-8-18-11/h3-4,7-9,17H,5-6H2,1-2H3. The van der Waals surface area contributed by atoms with Gasteiger partial charge in [-0.3, -0.25) is 0 Å². The van der Waals surface area contributed by atoms with Gasteiger partial charge in [-0.05, 0) is 17.7 Å². The van der Waals surface area contributed by atoms with E-state index in [1.54, 1.807) is 10.9 Å². The third-order valence-corrected chi connectivity index (χ3v) is 3.26. The lowest BCUT2D eigenvalue weighted by Gasteiger charge is -2.11. The van der Waals surface area contributed by atoms with Crippen LogP contribution in [0, 0.1) is 11.6 Å². The summed E-state index contributed by atoms with van der Waals surface area (Å²) in [4.78, 5) is 4.00. The molecule has 0 unspecified atom stereocenters. The summed E-state index contributed by atoms with van der Waals surface area (Å²) in [5.41, 5.74) is 2.85. The number of aromatic nitrogens is 1. The summed E-state index contributed by atoms with van der Waals surface area (Å²) in [5, 5.41) is 4.88. The van der Waals surface area contributed by atoms with E-state index < -0.39 is 11.6 Å². The van der Waals surface area contributed by atoms with Crippen molar-refractivity contribution in [3.63, 3.8) is 0 Å². The number of rotatable bonds is 6. The lowest BCUT2D eigenvalue weighted by atomic mass is 10.2. The highest BCUT2D eigenvalue weighted by Gasteiger charge is 2.13. The van der Waals surface area contributed by atoms with E-state index in [0.717, 1.165) is 0 Å². The summed E-state index contributed by atoms with van der Waals surface area (Å²) in [6.07, 6.45) is 0. The van der Waals surface area contributed by atoms with Crippen molar-refractivity contribution in [2.75, 3.05) is 0 Å². The molecule has 1 N–H and O–H groups in total. The normalized spacial score (nSPS) is 11.1. The van der Waals surface area contributed by atoms with Crippen molar-refractivity contribution in [3.05, 3.63) is 45.9 Å². The van der Waals surface area contributed by atoms with E-state index in [9.17, 15) is 8.78 Å². The molecule has 0 amide bonds. The lowest BCUT2D eigenvalue weighted by molar-refractivity contribution is 0.270. The Hall–Kier alpha value is -1.53. The van der Waals surface area contributed by atoms with Gasteiger partial charge in [0, 0.05) is 18.0 Å². The van der Waals surface area contributed by atoms with Gasteiger partial charge in [-0.2, -0.15) is 0 Å². The predicted molar refractivity (Wildman–Crippen MR) is 74.8 cm³/mol. The first-order valence-corrected chi connectivity index (χ1v) is 7.21. The number of thiazole rings is 1. The highest BCUT2D eigenvalue weighted by atomic mass is 32.1. The number of nitrogens with zero attached hydrogens (tertiary/aromatic N) is 1. The topological polar surface area (TPSA) is 34.1 Å². The second-order valence-electron chi connectivity index (χ2n) is 4.69. The van der Waals surface area contributed by atoms with Crippen LogP contribution in [0.3, 0.4) is 0 Å². The molecule has 0 spiro atoms. The molecule has 108 valence electrons. The van der Waals surface area contributed by atoms with Crippen LogP contribution in [0.25, 0.3) is 0 Å². The molecule has 0 aliphatic heterocycles. The van der Waals surface area contributed by atoms with E-state index in [2.05, 4.69) is 10.3 Å². The van der Waals surface area contributed by atoms with Crippen LogP contribution in [-0.2, 0) is 13.2 Å². The van der Waals surface area contributed by atoms with Crippen molar-refractivity contribution in [2.45, 2.75) is 33.0 Å². The van der Waals surface area contributed by atoms with Crippen LogP contribution in [0.15, 0.2) is 23.0 Å². The smallest absolute Gasteiger partial charge is 0.191 e. The van der Waals surface area contributed by atoms with Gasteiger partial charge in [0.1, 0.15) is 6.61 Å². The van der Waals surface area contributed by atoms with Gasteiger partial charge in [0.05, 0.1) is 11.2 Å². The van der Waals surface area contributed by atoms with Crippen molar-refractivity contribution in [1.29, 1.82) is 0 Å². The van der Waals surface area contributed by atoms with Crippen LogP contribution < -0.4 is 10.1 Å². The van der Waals surface area contributed by atoms with Crippen LogP contribution >= 0.6 is 11.3 Å². The van der Waals surface area contributed by atoms with Crippen LogP contribution in [0.1, 0.15) is 25.1 Å². The molecule has 0 saturated heterocycles. The van der Waals surface area contributed by atoms with E-state index in [-0.39, 0.29) is 18.4 Å². The van der Waals surface area contributed by atoms with Gasteiger partial charge in [0.2, 0.25) is 0 Å². The van der Waals surface area contributed by atoms with Crippen LogP contribution in [-0.4, -0.2) is 11.0 Å². The fourth-order valence-electron chi connectivity index (χ4n) is 1.63. The molecule has 0 aliphatic rings. The molecule has 2 rings (SSSR count). The first kappa shape index (κ1) is 14.9. The first-order chi connectivity index (χ1) is 9.56. The Balaban J connectivity index is 2.06. The highest BCUT2D eigenvalue weighted by molar-refractivity contribution is 7.07. The van der Waals surface area contributed by atoms with Crippen LogP contribution in [0.4, 0.5) is 8.78 Å². The lowest BCUT2D eigenvalue weighted by Crippen LogP contribution is -2.22. The number of hydrogen-bond acceptors (Lipinski definition) is 4. The van der Waals surface area contributed by atoms with E-state index in [1.807, 2.05) is 13.8 Å². The molecule has 1 heterocycles. The van der Waals surface area contributed by atoms with Gasteiger partial charge in [-0.15, -0.1) is 11.3 Å². The third-order valence-electron chi connectivity index (χ3n) is 2.62. The van der Waals surface area contributed by atoms with Crippen molar-refractivity contribution in [3.8, 4) is 5.75 Å². The third kappa shape index (κ3) is 3.98. The zero-order valence-corrected chi connectivity index (χ0v) is 12.1. The molecule has 0 fully saturated rings. The first-order valence-electron chi connectivity index (χ1n) is 6.27. The van der Waals surface area contributed by atoms with E-state index >= 15 is 0 Å². The summed E-state index contributed by atoms with van der Waals surface area (Å²) in [5.74, 6) is -1.74. The van der Waals surface area contributed by atoms with Crippen molar-refractivity contribution >= 4 is 11.3 Å². The molecule has 0 radical (unpaired) electrons. The maximum absolute atomic E-state index is 13.9. The number of hydrogen-bond donors (Lipinski definition) is 1. The molecule has 0 saturated carbocycles. The fraction of sp³-hybridized carbons (Fsp3) is 0.357. The summed E-state index contributed by atoms with van der Waals surface area (Å²) < 4.78 is 32.9. The second-order valence-corrected chi connectivity index (χ2v) is 5.41. The highest BCUT2D eigenvalue weighted by Crippen LogP contribution is 2.24. The molecule has 6 heteroatoms. The molecule has 20 heavy (non-hydrogen) atoms. The van der Waals surface area contributed by atoms with E-state index in [1.165, 1.54) is 23.5 Å². The average Bonchev–Trinajstić information content (AvgIpc) is 2.88. The van der Waals surface area contributed by atoms with Gasteiger partial charge in [-0.25, -0.2) is 13.8 Å². The van der Waals surface area contributed by atoms with Gasteiger partial charge in [0.15, 0.2) is 17.4 Å². The Morgan fingerprint density at radius 2 is 2.00 bits per heavy atom. The van der Waals surface area contributed by atoms with E-state index in [4.69, 9.17) is 4.74 Å². The quantitative estimate of drug-likeness (QED) is 0.886. The Labute approximate surface area is 120 Å². The molecule has 1 aromatic carbocycles. The van der Waals surface area contributed by atoms with Gasteiger partial charge < -0.3 is 10.1 Å². The molecule has 0 bridgehead atoms. The largest absolute Gasteiger partial charge is 0.481 e. The van der Waals surface area contributed by atoms with Crippen molar-refractivity contribution in [1.82, 2.24) is 10.3 Å². The maximum Gasteiger partial charge on any atom is 0.191 e. The van der Waals surface area contributed by atoms with Crippen LogP contribution in [0.5, 0.6) is 5.75 Å². The zero-order valence-electron chi connectivity index (χ0n) is 11.3. The zero-order chi connectivity index (χ0) is 14.5. The molecular weight excluding hydrogens is 282 g/mol. The summed E-state index contributed by atoms with van der Waals surface area (Å²) in [6, 6.07) is 2.82. The number of nitrogens with one attached hydrogen (secondary N) is 1. The SMILES string of the molecule is CC(C)NCc1cc(F)c(OCc2cscn2)c(F)c1. The number of benzene rings is 1. The van der Waals surface area contributed by atoms with E-state index in [0.29, 0.717) is 17.8 Å². The fourth-order valence-corrected chi connectivity index (χ4v) is 2.17. The Kier molecular flexibility index (Phi) is 5.03. The molecule has 3 nitrogen and oxygen atoms in total. The molecular formula is C14H16F2N2OS. The molecule has 0 atom stereocenters. The maximum atomic E-state index is 13.9. The Bertz CT molecular complexity index is 535. The number of ether oxygens (including phenoxy) is 1. The van der Waals surface area contributed by atoms with Crippen molar-refractivity contribution in [2.24, 2.45) is 0 Å². The summed E-state index contributed by atoms with van der Waals surface area (Å²) in [6.45, 7) is 4.41. The minimum absolute atomic E-state index is 0.0565. The monoisotopic (exact) mass is 298 g/mol. The molecule has 1 aromatic heterocycles. The summed E-state index contributed by atoms with van der Waals surface area (Å²) >= 11 is 1.41. The minimum Gasteiger partial charge on any atom is -0.481 e. The van der Waals surface area contributed by atoms with Gasteiger partial charge in [-0.1, -0.05) is 13.8 Å². The van der Waals surface area contributed by atoms with Gasteiger partial charge >= 0.3 is 0 Å². The Morgan fingerprint density at radius 3 is 2.55 bits per heavy atom. The second kappa shape index (κ2) is 6.76. The van der Waals surface area contributed by atoms with Gasteiger partial charge in [0.25, 0.3) is 0 Å². The van der Waals surface area contributed by atoms with Crippen molar-refractivity contribution < 1.29 is 13.5 Å².